The van der Waals surface area contributed by atoms with Gasteiger partial charge in [0, 0.05) is 55.6 Å². The van der Waals surface area contributed by atoms with E-state index in [-0.39, 0.29) is 22.0 Å². The second kappa shape index (κ2) is 10.1. The van der Waals surface area contributed by atoms with E-state index in [0.29, 0.717) is 26.2 Å². The van der Waals surface area contributed by atoms with Crippen LogP contribution in [0.1, 0.15) is 24.5 Å². The molecule has 1 amide bonds. The van der Waals surface area contributed by atoms with Crippen LogP contribution in [-0.4, -0.2) is 67.3 Å². The summed E-state index contributed by atoms with van der Waals surface area (Å²) >= 11 is 0.986. The molecule has 0 bridgehead atoms. The quantitative estimate of drug-likeness (QED) is 0.527. The van der Waals surface area contributed by atoms with Crippen molar-refractivity contribution in [1.29, 1.82) is 0 Å². The van der Waals surface area contributed by atoms with E-state index in [1.165, 1.54) is 23.1 Å². The van der Waals surface area contributed by atoms with Gasteiger partial charge < -0.3 is 14.7 Å². The van der Waals surface area contributed by atoms with Crippen LogP contribution >= 0.6 is 11.5 Å². The molecular weight excluding hydrogens is 496 g/mol. The Morgan fingerprint density at radius 1 is 1.06 bits per heavy atom. The Hall–Kier alpha value is -3.18. The van der Waals surface area contributed by atoms with Crippen LogP contribution in [0.2, 0.25) is 0 Å². The number of benzene rings is 2. The number of carbonyl (C=O) groups is 1. The lowest BCUT2D eigenvalue weighted by molar-refractivity contribution is -0.132. The largest absolute Gasteiger partial charge is 0.368 e. The highest BCUT2D eigenvalue weighted by Gasteiger charge is 2.31. The second-order valence-corrected chi connectivity index (χ2v) is 11.7. The van der Waals surface area contributed by atoms with Gasteiger partial charge in [-0.15, -0.1) is 0 Å². The zero-order chi connectivity index (χ0) is 25.3. The molecule has 0 saturated carbocycles. The first kappa shape index (κ1) is 24.5. The molecule has 3 heterocycles. The number of carbonyl (C=O) groups excluding carboxylic acids is 1. The number of piperazine rings is 1. The van der Waals surface area contributed by atoms with Gasteiger partial charge in [0.25, 0.3) is 10.0 Å². The van der Waals surface area contributed by atoms with Gasteiger partial charge in [0.1, 0.15) is 12.4 Å². The minimum atomic E-state index is -3.71. The van der Waals surface area contributed by atoms with Crippen LogP contribution in [0.4, 0.5) is 16.5 Å². The Kier molecular flexibility index (Phi) is 6.85. The number of hydrogen-bond acceptors (Lipinski definition) is 8. The average Bonchev–Trinajstić information content (AvgIpc) is 3.40. The highest BCUT2D eigenvalue weighted by atomic mass is 32.2. The summed E-state index contributed by atoms with van der Waals surface area (Å²) in [6, 6.07) is 13.1. The van der Waals surface area contributed by atoms with E-state index in [2.05, 4.69) is 49.0 Å². The topological polar surface area (TPSA) is 98.7 Å². The minimum Gasteiger partial charge on any atom is -0.368 e. The van der Waals surface area contributed by atoms with Gasteiger partial charge in [0.2, 0.25) is 11.0 Å². The van der Waals surface area contributed by atoms with E-state index >= 15 is 0 Å². The van der Waals surface area contributed by atoms with Crippen molar-refractivity contribution in [3.63, 3.8) is 0 Å². The normalized spacial score (nSPS) is 17.0. The average molecular weight is 527 g/mol. The molecule has 1 saturated heterocycles. The van der Waals surface area contributed by atoms with E-state index in [0.717, 1.165) is 36.6 Å². The zero-order valence-electron chi connectivity index (χ0n) is 20.4. The van der Waals surface area contributed by atoms with Gasteiger partial charge in [0.05, 0.1) is 4.90 Å². The van der Waals surface area contributed by atoms with Crippen LogP contribution in [0.15, 0.2) is 53.7 Å². The van der Waals surface area contributed by atoms with Crippen molar-refractivity contribution < 1.29 is 13.2 Å². The van der Waals surface area contributed by atoms with Gasteiger partial charge in [-0.25, -0.2) is 13.4 Å². The predicted molar refractivity (Wildman–Crippen MR) is 142 cm³/mol. The van der Waals surface area contributed by atoms with Gasteiger partial charge in [-0.05, 0) is 62.6 Å². The number of amides is 1. The Morgan fingerprint density at radius 3 is 2.50 bits per heavy atom. The number of rotatable bonds is 6. The highest BCUT2D eigenvalue weighted by molar-refractivity contribution is 7.93. The summed E-state index contributed by atoms with van der Waals surface area (Å²) in [7, 11) is -3.71. The van der Waals surface area contributed by atoms with E-state index in [1.807, 2.05) is 11.8 Å². The molecule has 1 atom stereocenters. The fraction of sp³-hybridized carbons (Fsp3) is 0.400. The molecule has 9 nitrogen and oxygen atoms in total. The van der Waals surface area contributed by atoms with E-state index in [9.17, 15) is 13.2 Å². The molecule has 1 fully saturated rings. The van der Waals surface area contributed by atoms with E-state index in [4.69, 9.17) is 0 Å². The van der Waals surface area contributed by atoms with Crippen LogP contribution < -0.4 is 14.5 Å². The van der Waals surface area contributed by atoms with Gasteiger partial charge in [-0.2, -0.15) is 4.37 Å². The smallest absolute Gasteiger partial charge is 0.263 e. The molecule has 1 aromatic heterocycles. The van der Waals surface area contributed by atoms with Crippen molar-refractivity contribution >= 4 is 44.0 Å². The Balaban J connectivity index is 1.20. The predicted octanol–water partition coefficient (Wildman–Crippen LogP) is 3.14. The van der Waals surface area contributed by atoms with Crippen LogP contribution in [0.5, 0.6) is 0 Å². The number of aromatic nitrogens is 2. The molecule has 5 rings (SSSR count). The molecule has 36 heavy (non-hydrogen) atoms. The Morgan fingerprint density at radius 2 is 1.81 bits per heavy atom. The third-order valence-electron chi connectivity index (χ3n) is 6.90. The number of nitrogens with one attached hydrogen (secondary N) is 1. The van der Waals surface area contributed by atoms with Crippen molar-refractivity contribution in [3.8, 4) is 0 Å². The van der Waals surface area contributed by atoms with Crippen LogP contribution in [-0.2, 0) is 21.2 Å². The maximum atomic E-state index is 13.4. The second-order valence-electron chi connectivity index (χ2n) is 9.26. The molecule has 0 radical (unpaired) electrons. The molecule has 0 aliphatic carbocycles. The number of sulfonamides is 1. The third kappa shape index (κ3) is 5.03. The lowest BCUT2D eigenvalue weighted by atomic mass is 9.98. The Labute approximate surface area is 216 Å². The van der Waals surface area contributed by atoms with Crippen LogP contribution in [0.3, 0.4) is 0 Å². The summed E-state index contributed by atoms with van der Waals surface area (Å²) in [4.78, 5) is 23.8. The number of nitrogens with zero attached hydrogens (tertiary/aromatic N) is 5. The first-order valence-electron chi connectivity index (χ1n) is 12.1. The molecule has 2 aliphatic heterocycles. The summed E-state index contributed by atoms with van der Waals surface area (Å²) in [5.74, 6) is 0.160. The van der Waals surface area contributed by atoms with Gasteiger partial charge in [-0.3, -0.25) is 9.52 Å². The SMILES string of the molecule is Cc1ccc2c(c1)CCCN2[C@H](C)C(=O)N1CCN(c2ccc(S(=O)(=O)Nc3ncns3)cc2)CC1. The minimum absolute atomic E-state index is 0.160. The highest BCUT2D eigenvalue weighted by Crippen LogP contribution is 2.30. The molecule has 1 N–H and O–H groups in total. The molecule has 2 aromatic carbocycles. The Bertz CT molecular complexity index is 1320. The summed E-state index contributed by atoms with van der Waals surface area (Å²) < 4.78 is 31.4. The summed E-state index contributed by atoms with van der Waals surface area (Å²) in [6.07, 6.45) is 3.43. The maximum Gasteiger partial charge on any atom is 0.263 e. The van der Waals surface area contributed by atoms with Crippen LogP contribution in [0.25, 0.3) is 0 Å². The van der Waals surface area contributed by atoms with Crippen LogP contribution in [0, 0.1) is 6.92 Å². The fourth-order valence-corrected chi connectivity index (χ4v) is 6.63. The van der Waals surface area contributed by atoms with Gasteiger partial charge >= 0.3 is 0 Å². The van der Waals surface area contributed by atoms with Crippen molar-refractivity contribution in [3.05, 3.63) is 59.9 Å². The lowest BCUT2D eigenvalue weighted by Gasteiger charge is -2.41. The van der Waals surface area contributed by atoms with Crippen molar-refractivity contribution in [2.24, 2.45) is 0 Å². The molecule has 0 unspecified atom stereocenters. The van der Waals surface area contributed by atoms with Crippen molar-refractivity contribution in [2.45, 2.75) is 37.6 Å². The first-order chi connectivity index (χ1) is 17.3. The zero-order valence-corrected chi connectivity index (χ0v) is 22.1. The molecule has 11 heteroatoms. The number of aryl methyl sites for hydroxylation is 2. The number of anilines is 3. The van der Waals surface area contributed by atoms with Crippen molar-refractivity contribution in [2.75, 3.05) is 47.2 Å². The maximum absolute atomic E-state index is 13.4. The van der Waals surface area contributed by atoms with E-state index < -0.39 is 10.0 Å². The molecular formula is C25H30N6O3S2. The number of hydrogen-bond donors (Lipinski definition) is 1. The van der Waals surface area contributed by atoms with Crippen molar-refractivity contribution in [1.82, 2.24) is 14.3 Å². The van der Waals surface area contributed by atoms with Gasteiger partial charge in [0.15, 0.2) is 0 Å². The third-order valence-corrected chi connectivity index (χ3v) is 8.97. The molecule has 190 valence electrons. The van der Waals surface area contributed by atoms with Gasteiger partial charge in [-0.1, -0.05) is 17.7 Å². The summed E-state index contributed by atoms with van der Waals surface area (Å²) in [5.41, 5.74) is 4.70. The standard InChI is InChI=1S/C25H30N6O3S2/c1-18-5-10-23-20(16-18)4-3-11-31(23)19(2)24(32)30-14-12-29(13-15-30)21-6-8-22(9-7-21)36(33,34)28-25-26-17-27-35-25/h5-10,16-17,19H,3-4,11-15H2,1-2H3,(H,26,27,28)/t19-/m1/s1. The lowest BCUT2D eigenvalue weighted by Crippen LogP contribution is -2.55. The summed E-state index contributed by atoms with van der Waals surface area (Å²) in [6.45, 7) is 7.68. The molecule has 3 aromatic rings. The monoisotopic (exact) mass is 526 g/mol. The van der Waals surface area contributed by atoms with E-state index in [1.54, 1.807) is 24.3 Å². The number of fused-ring (bicyclic) bond motifs is 1. The fourth-order valence-electron chi connectivity index (χ4n) is 4.97. The molecule has 2 aliphatic rings. The summed E-state index contributed by atoms with van der Waals surface area (Å²) in [5, 5.41) is 0.234. The molecule has 0 spiro atoms. The first-order valence-corrected chi connectivity index (χ1v) is 14.4.